The average molecular weight is 204 g/mol. The summed E-state index contributed by atoms with van der Waals surface area (Å²) in [6, 6.07) is 4.38. The summed E-state index contributed by atoms with van der Waals surface area (Å²) in [6.45, 7) is 0. The number of rotatable bonds is 3. The van der Waals surface area contributed by atoms with E-state index in [1.54, 1.807) is 0 Å². The molecular weight excluding hydrogens is 196 g/mol. The number of primary amides is 1. The molecule has 5 heteroatoms. The van der Waals surface area contributed by atoms with E-state index < -0.39 is 5.91 Å². The highest BCUT2D eigenvalue weighted by atomic mass is 16.5. The number of benzene rings is 1. The summed E-state index contributed by atoms with van der Waals surface area (Å²) in [4.78, 5) is 21.6. The third-order valence-corrected chi connectivity index (χ3v) is 1.88. The predicted molar refractivity (Wildman–Crippen MR) is 51.6 cm³/mol. The Hall–Kier alpha value is -2.35. The van der Waals surface area contributed by atoms with Gasteiger partial charge in [-0.25, -0.2) is 0 Å². The monoisotopic (exact) mass is 204 g/mol. The highest BCUT2D eigenvalue weighted by molar-refractivity contribution is 5.98. The lowest BCUT2D eigenvalue weighted by atomic mass is 10.0. The maximum absolute atomic E-state index is 11.0. The molecule has 15 heavy (non-hydrogen) atoms. The molecule has 1 amide bonds. The van der Waals surface area contributed by atoms with Gasteiger partial charge < -0.3 is 10.5 Å². The van der Waals surface area contributed by atoms with Crippen molar-refractivity contribution in [1.82, 2.24) is 0 Å². The molecule has 0 fully saturated rings. The Balaban J connectivity index is 3.49. The van der Waals surface area contributed by atoms with Gasteiger partial charge in [-0.15, -0.1) is 0 Å². The first-order valence-electron chi connectivity index (χ1n) is 4.01. The van der Waals surface area contributed by atoms with Gasteiger partial charge in [0.25, 0.3) is 5.91 Å². The molecule has 1 rings (SSSR count). The van der Waals surface area contributed by atoms with Crippen molar-refractivity contribution in [3.63, 3.8) is 0 Å². The number of nitrogens with zero attached hydrogens (tertiary/aromatic N) is 1. The molecular formula is C10H8N2O3. The number of methoxy groups -OCH3 is 1. The van der Waals surface area contributed by atoms with Crippen LogP contribution in [0.25, 0.3) is 0 Å². The first-order chi connectivity index (χ1) is 7.13. The first-order valence-corrected chi connectivity index (χ1v) is 4.01. The second-order valence-electron chi connectivity index (χ2n) is 2.73. The Morgan fingerprint density at radius 2 is 2.27 bits per heavy atom. The molecule has 1 aromatic rings. The van der Waals surface area contributed by atoms with Gasteiger partial charge in [-0.2, -0.15) is 5.26 Å². The highest BCUT2D eigenvalue weighted by Crippen LogP contribution is 2.22. The SMILES string of the molecule is COc1cc(C#N)c(C=O)cc1C(N)=O. The Kier molecular flexibility index (Phi) is 3.03. The summed E-state index contributed by atoms with van der Waals surface area (Å²) in [7, 11) is 1.35. The number of carbonyl (C=O) groups excluding carboxylic acids is 2. The molecule has 5 nitrogen and oxygen atoms in total. The molecule has 0 aliphatic heterocycles. The van der Waals surface area contributed by atoms with Crippen molar-refractivity contribution in [3.8, 4) is 11.8 Å². The Morgan fingerprint density at radius 1 is 1.60 bits per heavy atom. The Labute approximate surface area is 86.1 Å². The zero-order chi connectivity index (χ0) is 11.4. The van der Waals surface area contributed by atoms with Crippen LogP contribution in [0.4, 0.5) is 0 Å². The molecule has 76 valence electrons. The largest absolute Gasteiger partial charge is 0.496 e. The Morgan fingerprint density at radius 3 is 2.67 bits per heavy atom. The molecule has 0 aliphatic carbocycles. The van der Waals surface area contributed by atoms with Crippen LogP contribution in [0.2, 0.25) is 0 Å². The second kappa shape index (κ2) is 4.24. The minimum absolute atomic E-state index is 0.0820. The van der Waals surface area contributed by atoms with E-state index in [0.717, 1.165) is 0 Å². The van der Waals surface area contributed by atoms with Crippen LogP contribution >= 0.6 is 0 Å². The fourth-order valence-electron chi connectivity index (χ4n) is 1.15. The van der Waals surface area contributed by atoms with E-state index in [1.165, 1.54) is 19.2 Å². The van der Waals surface area contributed by atoms with Crippen LogP contribution in [0.1, 0.15) is 26.3 Å². The standard InChI is InChI=1S/C10H8N2O3/c1-15-9-3-6(4-11)7(5-13)2-8(9)10(12)14/h2-3,5H,1H3,(H2,12,14). The van der Waals surface area contributed by atoms with Crippen molar-refractivity contribution < 1.29 is 14.3 Å². The lowest BCUT2D eigenvalue weighted by Gasteiger charge is -2.06. The third kappa shape index (κ3) is 1.94. The molecule has 0 aromatic heterocycles. The number of carbonyl (C=O) groups is 2. The fraction of sp³-hybridized carbons (Fsp3) is 0.100. The maximum Gasteiger partial charge on any atom is 0.252 e. The second-order valence-corrected chi connectivity index (χ2v) is 2.73. The van der Waals surface area contributed by atoms with E-state index in [1.807, 2.05) is 6.07 Å². The molecule has 0 radical (unpaired) electrons. The molecule has 1 aromatic carbocycles. The minimum atomic E-state index is -0.709. The molecule has 0 atom stereocenters. The van der Waals surface area contributed by atoms with Crippen LogP contribution in [0.5, 0.6) is 5.75 Å². The Bertz CT molecular complexity index is 460. The zero-order valence-electron chi connectivity index (χ0n) is 7.98. The molecule has 2 N–H and O–H groups in total. The van der Waals surface area contributed by atoms with Gasteiger partial charge in [0.2, 0.25) is 0 Å². The van der Waals surface area contributed by atoms with Crippen molar-refractivity contribution in [2.24, 2.45) is 5.73 Å². The number of nitriles is 1. The number of nitrogens with two attached hydrogens (primary N) is 1. The van der Waals surface area contributed by atoms with E-state index in [4.69, 9.17) is 15.7 Å². The van der Waals surface area contributed by atoms with Crippen molar-refractivity contribution in [2.75, 3.05) is 7.11 Å². The van der Waals surface area contributed by atoms with Crippen LogP contribution in [0.15, 0.2) is 12.1 Å². The topological polar surface area (TPSA) is 93.2 Å². The van der Waals surface area contributed by atoms with Crippen LogP contribution in [-0.4, -0.2) is 19.3 Å². The lowest BCUT2D eigenvalue weighted by molar-refractivity contribution is 0.0997. The van der Waals surface area contributed by atoms with Gasteiger partial charge in [0.05, 0.1) is 18.2 Å². The van der Waals surface area contributed by atoms with Gasteiger partial charge in [0.15, 0.2) is 6.29 Å². The lowest BCUT2D eigenvalue weighted by Crippen LogP contribution is -2.13. The number of aldehydes is 1. The minimum Gasteiger partial charge on any atom is -0.496 e. The summed E-state index contributed by atoms with van der Waals surface area (Å²) in [5, 5.41) is 8.72. The summed E-state index contributed by atoms with van der Waals surface area (Å²) in [6.07, 6.45) is 0.491. The molecule has 0 saturated heterocycles. The van der Waals surface area contributed by atoms with Gasteiger partial charge in [-0.3, -0.25) is 9.59 Å². The smallest absolute Gasteiger partial charge is 0.252 e. The predicted octanol–water partition coefficient (Wildman–Crippen LogP) is 0.478. The number of amides is 1. The van der Waals surface area contributed by atoms with E-state index >= 15 is 0 Å². The average Bonchev–Trinajstić information content (AvgIpc) is 2.26. The molecule has 0 bridgehead atoms. The number of hydrogen-bond donors (Lipinski definition) is 1. The molecule has 0 aliphatic rings. The quantitative estimate of drug-likeness (QED) is 0.724. The van der Waals surface area contributed by atoms with E-state index in [2.05, 4.69) is 0 Å². The summed E-state index contributed by atoms with van der Waals surface area (Å²) in [5.74, 6) is -0.524. The number of ether oxygens (including phenoxy) is 1. The van der Waals surface area contributed by atoms with Crippen molar-refractivity contribution in [3.05, 3.63) is 28.8 Å². The van der Waals surface area contributed by atoms with Gasteiger partial charge in [-0.1, -0.05) is 0 Å². The summed E-state index contributed by atoms with van der Waals surface area (Å²) < 4.78 is 4.88. The first kappa shape index (κ1) is 10.7. The third-order valence-electron chi connectivity index (χ3n) is 1.88. The van der Waals surface area contributed by atoms with Crippen LogP contribution in [0.3, 0.4) is 0 Å². The molecule has 0 heterocycles. The fourth-order valence-corrected chi connectivity index (χ4v) is 1.15. The maximum atomic E-state index is 11.0. The van der Waals surface area contributed by atoms with Gasteiger partial charge in [0.1, 0.15) is 11.8 Å². The normalized spacial score (nSPS) is 9.07. The van der Waals surface area contributed by atoms with Crippen LogP contribution in [0, 0.1) is 11.3 Å². The summed E-state index contributed by atoms with van der Waals surface area (Å²) in [5.41, 5.74) is 5.43. The van der Waals surface area contributed by atoms with Crippen molar-refractivity contribution in [1.29, 1.82) is 5.26 Å². The van der Waals surface area contributed by atoms with Crippen LogP contribution < -0.4 is 10.5 Å². The molecule has 0 saturated carbocycles. The van der Waals surface area contributed by atoms with Gasteiger partial charge in [-0.05, 0) is 12.1 Å². The van der Waals surface area contributed by atoms with Crippen molar-refractivity contribution >= 4 is 12.2 Å². The van der Waals surface area contributed by atoms with E-state index in [0.29, 0.717) is 6.29 Å². The van der Waals surface area contributed by atoms with Gasteiger partial charge in [0, 0.05) is 5.56 Å². The highest BCUT2D eigenvalue weighted by Gasteiger charge is 2.13. The molecule has 0 spiro atoms. The van der Waals surface area contributed by atoms with Crippen molar-refractivity contribution in [2.45, 2.75) is 0 Å². The number of hydrogen-bond acceptors (Lipinski definition) is 4. The van der Waals surface area contributed by atoms with E-state index in [9.17, 15) is 9.59 Å². The van der Waals surface area contributed by atoms with Gasteiger partial charge >= 0.3 is 0 Å². The van der Waals surface area contributed by atoms with E-state index in [-0.39, 0.29) is 22.4 Å². The van der Waals surface area contributed by atoms with Crippen LogP contribution in [-0.2, 0) is 0 Å². The zero-order valence-corrected chi connectivity index (χ0v) is 7.98. The summed E-state index contributed by atoms with van der Waals surface area (Å²) >= 11 is 0. The molecule has 0 unspecified atom stereocenters.